The molecule has 4 aliphatic rings. The van der Waals surface area contributed by atoms with E-state index < -0.39 is 29.1 Å². The van der Waals surface area contributed by atoms with Crippen LogP contribution in [0.4, 0.5) is 5.69 Å². The van der Waals surface area contributed by atoms with E-state index in [1.165, 1.54) is 0 Å². The summed E-state index contributed by atoms with van der Waals surface area (Å²) in [6, 6.07) is 5.06. The monoisotopic (exact) mass is 507 g/mol. The Kier molecular flexibility index (Phi) is 6.52. The van der Waals surface area contributed by atoms with Gasteiger partial charge in [-0.05, 0) is 50.8 Å². The van der Waals surface area contributed by atoms with Gasteiger partial charge in [-0.3, -0.25) is 14.4 Å². The number of aliphatic hydroxyl groups is 1. The second-order valence-electron chi connectivity index (χ2n) is 10.9. The molecule has 0 saturated carbocycles. The SMILES string of the molecule is CCCN1CC=C[C@]2(C)O[C@]34C=CCN(c5cc(C)ccc5C)C(=O)C3N(CCCO)C(=O)[C@@H]4[C@@H]2C1=O. The van der Waals surface area contributed by atoms with Gasteiger partial charge in [-0.25, -0.2) is 0 Å². The van der Waals surface area contributed by atoms with Crippen molar-refractivity contribution in [3.8, 4) is 0 Å². The topological polar surface area (TPSA) is 90.4 Å². The van der Waals surface area contributed by atoms with Crippen LogP contribution in [0.2, 0.25) is 0 Å². The molecule has 0 aromatic heterocycles. The molecule has 2 fully saturated rings. The van der Waals surface area contributed by atoms with Crippen LogP contribution in [-0.4, -0.2) is 82.7 Å². The number of amides is 3. The Bertz CT molecular complexity index is 1180. The molecule has 1 spiro atoms. The van der Waals surface area contributed by atoms with E-state index in [0.717, 1.165) is 23.2 Å². The lowest BCUT2D eigenvalue weighted by Gasteiger charge is -2.37. The summed E-state index contributed by atoms with van der Waals surface area (Å²) < 4.78 is 6.82. The number of aliphatic hydroxyl groups excluding tert-OH is 1. The molecule has 8 nitrogen and oxygen atoms in total. The highest BCUT2D eigenvalue weighted by molar-refractivity contribution is 6.06. The number of hydrogen-bond acceptors (Lipinski definition) is 5. The Hall–Kier alpha value is -2.97. The lowest BCUT2D eigenvalue weighted by atomic mass is 9.74. The lowest BCUT2D eigenvalue weighted by Crippen LogP contribution is -2.56. The molecule has 198 valence electrons. The smallest absolute Gasteiger partial charge is 0.253 e. The van der Waals surface area contributed by atoms with E-state index in [-0.39, 0.29) is 30.9 Å². The number of carbonyl (C=O) groups is 3. The molecular formula is C29H37N3O5. The van der Waals surface area contributed by atoms with Crippen molar-refractivity contribution in [2.24, 2.45) is 11.8 Å². The van der Waals surface area contributed by atoms with Crippen molar-refractivity contribution in [2.75, 3.05) is 37.7 Å². The fourth-order valence-electron chi connectivity index (χ4n) is 6.75. The predicted octanol–water partition coefficient (Wildman–Crippen LogP) is 2.37. The molecule has 5 rings (SSSR count). The summed E-state index contributed by atoms with van der Waals surface area (Å²) in [7, 11) is 0. The van der Waals surface area contributed by atoms with Crippen LogP contribution >= 0.6 is 0 Å². The van der Waals surface area contributed by atoms with Crippen molar-refractivity contribution in [3.05, 3.63) is 53.6 Å². The largest absolute Gasteiger partial charge is 0.396 e. The van der Waals surface area contributed by atoms with E-state index in [2.05, 4.69) is 0 Å². The van der Waals surface area contributed by atoms with E-state index in [1.807, 2.05) is 70.2 Å². The van der Waals surface area contributed by atoms with Crippen LogP contribution in [0.3, 0.4) is 0 Å². The van der Waals surface area contributed by atoms with Crippen LogP contribution in [0.1, 0.15) is 37.8 Å². The number of nitrogens with zero attached hydrogens (tertiary/aromatic N) is 3. The lowest BCUT2D eigenvalue weighted by molar-refractivity contribution is -0.148. The van der Waals surface area contributed by atoms with Crippen LogP contribution in [-0.2, 0) is 19.1 Å². The van der Waals surface area contributed by atoms with E-state index in [9.17, 15) is 19.5 Å². The van der Waals surface area contributed by atoms with Crippen LogP contribution in [0.5, 0.6) is 0 Å². The normalized spacial score (nSPS) is 32.9. The quantitative estimate of drug-likeness (QED) is 0.597. The van der Waals surface area contributed by atoms with Gasteiger partial charge in [-0.2, -0.15) is 0 Å². The highest BCUT2D eigenvalue weighted by Crippen LogP contribution is 2.57. The molecule has 0 radical (unpaired) electrons. The first-order chi connectivity index (χ1) is 17.7. The van der Waals surface area contributed by atoms with Gasteiger partial charge >= 0.3 is 0 Å². The number of anilines is 1. The zero-order valence-electron chi connectivity index (χ0n) is 22.1. The van der Waals surface area contributed by atoms with Crippen molar-refractivity contribution < 1.29 is 24.2 Å². The number of likely N-dealkylation sites (tertiary alicyclic amines) is 1. The molecule has 1 unspecified atom stereocenters. The molecule has 4 heterocycles. The third-order valence-electron chi connectivity index (χ3n) is 8.35. The highest BCUT2D eigenvalue weighted by Gasteiger charge is 2.74. The van der Waals surface area contributed by atoms with Gasteiger partial charge in [0.1, 0.15) is 11.6 Å². The zero-order valence-corrected chi connectivity index (χ0v) is 22.1. The van der Waals surface area contributed by atoms with Crippen molar-refractivity contribution in [1.29, 1.82) is 0 Å². The Morgan fingerprint density at radius 1 is 1.00 bits per heavy atom. The van der Waals surface area contributed by atoms with Crippen molar-refractivity contribution in [2.45, 2.75) is 57.8 Å². The second-order valence-corrected chi connectivity index (χ2v) is 10.9. The molecule has 4 aliphatic heterocycles. The van der Waals surface area contributed by atoms with E-state index in [1.54, 1.807) is 14.7 Å². The molecule has 1 aromatic carbocycles. The third-order valence-corrected chi connectivity index (χ3v) is 8.35. The predicted molar refractivity (Wildman–Crippen MR) is 140 cm³/mol. The number of rotatable bonds is 6. The number of fused-ring (bicyclic) bond motifs is 2. The summed E-state index contributed by atoms with van der Waals surface area (Å²) in [5.41, 5.74) is 0.509. The molecule has 8 heteroatoms. The molecule has 1 N–H and O–H groups in total. The Balaban J connectivity index is 1.64. The summed E-state index contributed by atoms with van der Waals surface area (Å²) in [4.78, 5) is 47.6. The summed E-state index contributed by atoms with van der Waals surface area (Å²) >= 11 is 0. The minimum absolute atomic E-state index is 0.104. The fraction of sp³-hybridized carbons (Fsp3) is 0.552. The first-order valence-electron chi connectivity index (χ1n) is 13.3. The van der Waals surface area contributed by atoms with Crippen LogP contribution in [0, 0.1) is 25.7 Å². The third kappa shape index (κ3) is 3.84. The van der Waals surface area contributed by atoms with E-state index in [4.69, 9.17) is 4.74 Å². The van der Waals surface area contributed by atoms with Gasteiger partial charge in [0.2, 0.25) is 11.8 Å². The van der Waals surface area contributed by atoms with Gasteiger partial charge < -0.3 is 24.5 Å². The average molecular weight is 508 g/mol. The first kappa shape index (κ1) is 25.7. The maximum absolute atomic E-state index is 14.4. The van der Waals surface area contributed by atoms with Gasteiger partial charge in [0.05, 0.1) is 17.4 Å². The fourth-order valence-corrected chi connectivity index (χ4v) is 6.75. The van der Waals surface area contributed by atoms with Gasteiger partial charge in [0.25, 0.3) is 5.91 Å². The minimum Gasteiger partial charge on any atom is -0.396 e. The highest BCUT2D eigenvalue weighted by atomic mass is 16.5. The van der Waals surface area contributed by atoms with Crippen LogP contribution in [0.25, 0.3) is 0 Å². The minimum atomic E-state index is -1.27. The summed E-state index contributed by atoms with van der Waals surface area (Å²) in [6.45, 7) is 9.36. The van der Waals surface area contributed by atoms with E-state index in [0.29, 0.717) is 26.1 Å². The van der Waals surface area contributed by atoms with Crippen LogP contribution in [0.15, 0.2) is 42.5 Å². The summed E-state index contributed by atoms with van der Waals surface area (Å²) in [5.74, 6) is -2.16. The van der Waals surface area contributed by atoms with Crippen molar-refractivity contribution in [1.82, 2.24) is 9.80 Å². The van der Waals surface area contributed by atoms with Gasteiger partial charge in [-0.1, -0.05) is 43.4 Å². The van der Waals surface area contributed by atoms with Gasteiger partial charge in [0, 0.05) is 38.5 Å². The molecule has 2 saturated heterocycles. The van der Waals surface area contributed by atoms with Crippen molar-refractivity contribution >= 4 is 23.4 Å². The maximum Gasteiger partial charge on any atom is 0.253 e. The number of benzene rings is 1. The molecule has 3 amide bonds. The van der Waals surface area contributed by atoms with Gasteiger partial charge in [0.15, 0.2) is 0 Å². The molecule has 0 bridgehead atoms. The Morgan fingerprint density at radius 3 is 2.49 bits per heavy atom. The van der Waals surface area contributed by atoms with Crippen LogP contribution < -0.4 is 4.90 Å². The van der Waals surface area contributed by atoms with E-state index >= 15 is 0 Å². The van der Waals surface area contributed by atoms with Gasteiger partial charge in [-0.15, -0.1) is 0 Å². The Labute approximate surface area is 218 Å². The maximum atomic E-state index is 14.4. The number of carbonyl (C=O) groups excluding carboxylic acids is 3. The molecule has 1 aromatic rings. The Morgan fingerprint density at radius 2 is 1.76 bits per heavy atom. The number of aryl methyl sites for hydroxylation is 2. The molecule has 37 heavy (non-hydrogen) atoms. The summed E-state index contributed by atoms with van der Waals surface area (Å²) in [5, 5.41) is 9.58. The average Bonchev–Trinajstić information content (AvgIpc) is 3.13. The molecule has 0 aliphatic carbocycles. The zero-order chi connectivity index (χ0) is 26.5. The second kappa shape index (κ2) is 9.40. The molecular weight excluding hydrogens is 470 g/mol. The first-order valence-corrected chi connectivity index (χ1v) is 13.3. The number of hydrogen-bond donors (Lipinski definition) is 1. The number of ether oxygens (including phenoxy) is 1. The van der Waals surface area contributed by atoms with Crippen molar-refractivity contribution in [3.63, 3.8) is 0 Å². The standard InChI is InChI=1S/C29H37N3O5/c1-5-13-30-14-6-11-28(4)22(25(30)34)23-26(35)32(16-8-17-33)24-27(36)31(15-7-12-29(23,24)37-28)21-18-19(2)9-10-20(21)3/h6-7,9-12,18,22-24,33H,5,8,13-17H2,1-4H3/t22-,23+,24?,28+,29+/m1/s1. The summed E-state index contributed by atoms with van der Waals surface area (Å²) in [6.07, 6.45) is 8.77. The molecule has 5 atom stereocenters.